The van der Waals surface area contributed by atoms with Gasteiger partial charge in [0.25, 0.3) is 0 Å². The highest BCUT2D eigenvalue weighted by Crippen LogP contribution is 2.36. The number of rotatable bonds is 2. The molecule has 1 aromatic carbocycles. The predicted molar refractivity (Wildman–Crippen MR) is 52.3 cm³/mol. The highest BCUT2D eigenvalue weighted by atomic mass is 16.7. The van der Waals surface area contributed by atoms with Gasteiger partial charge in [0.2, 0.25) is 0 Å². The number of hydrogen-bond acceptors (Lipinski definition) is 4. The number of nitrogens with two attached hydrogens (primary N) is 1. The van der Waals surface area contributed by atoms with Crippen molar-refractivity contribution in [2.75, 3.05) is 19.1 Å². The summed E-state index contributed by atoms with van der Waals surface area (Å²) in [5, 5.41) is 0. The Morgan fingerprint density at radius 2 is 2.36 bits per heavy atom. The predicted octanol–water partition coefficient (Wildman–Crippen LogP) is 1.53. The van der Waals surface area contributed by atoms with Crippen molar-refractivity contribution in [2.24, 2.45) is 0 Å². The average Bonchev–Trinajstić information content (AvgIpc) is 2.18. The highest BCUT2D eigenvalue weighted by molar-refractivity contribution is 5.57. The van der Waals surface area contributed by atoms with Crippen LogP contribution in [0.5, 0.6) is 11.5 Å². The Morgan fingerprint density at radius 1 is 1.50 bits per heavy atom. The van der Waals surface area contributed by atoms with E-state index in [-0.39, 0.29) is 6.79 Å². The van der Waals surface area contributed by atoms with E-state index in [1.807, 2.05) is 13.0 Å². The summed E-state index contributed by atoms with van der Waals surface area (Å²) in [5.74, 6) is 1.46. The second kappa shape index (κ2) is 3.75. The van der Waals surface area contributed by atoms with Crippen LogP contribution < -0.4 is 15.2 Å². The SMILES string of the molecule is CCOc1cc(N)cc2c1OCOC2. The Bertz CT molecular complexity index is 338. The van der Waals surface area contributed by atoms with Crippen molar-refractivity contribution >= 4 is 5.69 Å². The molecule has 1 aliphatic rings. The molecule has 0 aromatic heterocycles. The van der Waals surface area contributed by atoms with Crippen molar-refractivity contribution in [1.82, 2.24) is 0 Å². The molecule has 2 rings (SSSR count). The van der Waals surface area contributed by atoms with Crippen LogP contribution >= 0.6 is 0 Å². The first kappa shape index (κ1) is 9.15. The van der Waals surface area contributed by atoms with E-state index in [1.165, 1.54) is 0 Å². The van der Waals surface area contributed by atoms with E-state index in [4.69, 9.17) is 19.9 Å². The molecular weight excluding hydrogens is 182 g/mol. The van der Waals surface area contributed by atoms with Gasteiger partial charge < -0.3 is 19.9 Å². The molecule has 2 N–H and O–H groups in total. The lowest BCUT2D eigenvalue weighted by Gasteiger charge is -2.20. The fourth-order valence-corrected chi connectivity index (χ4v) is 1.47. The van der Waals surface area contributed by atoms with E-state index in [1.54, 1.807) is 6.07 Å². The van der Waals surface area contributed by atoms with E-state index in [9.17, 15) is 0 Å². The second-order valence-corrected chi connectivity index (χ2v) is 3.05. The average molecular weight is 195 g/mol. The van der Waals surface area contributed by atoms with E-state index in [2.05, 4.69) is 0 Å². The fourth-order valence-electron chi connectivity index (χ4n) is 1.47. The molecule has 0 unspecified atom stereocenters. The molecule has 0 fully saturated rings. The zero-order valence-electron chi connectivity index (χ0n) is 8.08. The van der Waals surface area contributed by atoms with Crippen molar-refractivity contribution in [3.63, 3.8) is 0 Å². The van der Waals surface area contributed by atoms with Gasteiger partial charge in [-0.05, 0) is 13.0 Å². The molecule has 0 saturated heterocycles. The Morgan fingerprint density at radius 3 is 3.14 bits per heavy atom. The van der Waals surface area contributed by atoms with Crippen LogP contribution in [0.25, 0.3) is 0 Å². The first-order valence-corrected chi connectivity index (χ1v) is 4.57. The first-order chi connectivity index (χ1) is 6.81. The summed E-state index contributed by atoms with van der Waals surface area (Å²) in [6, 6.07) is 3.62. The van der Waals surface area contributed by atoms with Crippen LogP contribution in [0, 0.1) is 0 Å². The van der Waals surface area contributed by atoms with E-state index in [0.29, 0.717) is 24.7 Å². The minimum Gasteiger partial charge on any atom is -0.490 e. The molecule has 0 saturated carbocycles. The molecule has 1 aromatic rings. The molecule has 0 radical (unpaired) electrons. The third-order valence-corrected chi connectivity index (χ3v) is 2.00. The summed E-state index contributed by atoms with van der Waals surface area (Å²) in [4.78, 5) is 0. The van der Waals surface area contributed by atoms with Gasteiger partial charge in [-0.15, -0.1) is 0 Å². The highest BCUT2D eigenvalue weighted by Gasteiger charge is 2.16. The van der Waals surface area contributed by atoms with Crippen molar-refractivity contribution in [2.45, 2.75) is 13.5 Å². The number of hydrogen-bond donors (Lipinski definition) is 1. The molecule has 0 atom stereocenters. The molecule has 14 heavy (non-hydrogen) atoms. The third-order valence-electron chi connectivity index (χ3n) is 2.00. The number of benzene rings is 1. The molecule has 0 bridgehead atoms. The first-order valence-electron chi connectivity index (χ1n) is 4.57. The summed E-state index contributed by atoms with van der Waals surface area (Å²) in [5.41, 5.74) is 7.33. The van der Waals surface area contributed by atoms with Crippen LogP contribution in [-0.2, 0) is 11.3 Å². The third kappa shape index (κ3) is 1.61. The monoisotopic (exact) mass is 195 g/mol. The minimum atomic E-state index is 0.275. The van der Waals surface area contributed by atoms with Gasteiger partial charge in [-0.2, -0.15) is 0 Å². The van der Waals surface area contributed by atoms with Gasteiger partial charge >= 0.3 is 0 Å². The summed E-state index contributed by atoms with van der Waals surface area (Å²) in [7, 11) is 0. The summed E-state index contributed by atoms with van der Waals surface area (Å²) >= 11 is 0. The maximum absolute atomic E-state index is 5.72. The van der Waals surface area contributed by atoms with Gasteiger partial charge in [0.1, 0.15) is 0 Å². The number of ether oxygens (including phenoxy) is 3. The van der Waals surface area contributed by atoms with Crippen LogP contribution in [0.3, 0.4) is 0 Å². The lowest BCUT2D eigenvalue weighted by Crippen LogP contribution is -2.13. The molecule has 76 valence electrons. The second-order valence-electron chi connectivity index (χ2n) is 3.05. The number of fused-ring (bicyclic) bond motifs is 1. The number of anilines is 1. The molecule has 4 heteroatoms. The van der Waals surface area contributed by atoms with Crippen molar-refractivity contribution < 1.29 is 14.2 Å². The van der Waals surface area contributed by atoms with Crippen LogP contribution in [-0.4, -0.2) is 13.4 Å². The minimum absolute atomic E-state index is 0.275. The normalized spacial score (nSPS) is 14.4. The van der Waals surface area contributed by atoms with Gasteiger partial charge in [-0.1, -0.05) is 0 Å². The lowest BCUT2D eigenvalue weighted by molar-refractivity contribution is -0.0182. The largest absolute Gasteiger partial charge is 0.490 e. The molecule has 0 spiro atoms. The van der Waals surface area contributed by atoms with Gasteiger partial charge in [-0.3, -0.25) is 0 Å². The molecule has 1 aliphatic heterocycles. The standard InChI is InChI=1S/C10H13NO3/c1-2-13-9-4-8(11)3-7-5-12-6-14-10(7)9/h3-4H,2,5-6,11H2,1H3. The summed E-state index contributed by atoms with van der Waals surface area (Å²) in [6.45, 7) is 3.33. The van der Waals surface area contributed by atoms with Crippen molar-refractivity contribution in [3.05, 3.63) is 17.7 Å². The van der Waals surface area contributed by atoms with Crippen LogP contribution in [0.4, 0.5) is 5.69 Å². The van der Waals surface area contributed by atoms with Crippen LogP contribution in [0.2, 0.25) is 0 Å². The van der Waals surface area contributed by atoms with Gasteiger partial charge in [0, 0.05) is 17.3 Å². The maximum atomic E-state index is 5.72. The summed E-state index contributed by atoms with van der Waals surface area (Å²) in [6.07, 6.45) is 0. The topological polar surface area (TPSA) is 53.7 Å². The van der Waals surface area contributed by atoms with Crippen molar-refractivity contribution in [1.29, 1.82) is 0 Å². The Hall–Kier alpha value is -1.42. The van der Waals surface area contributed by atoms with Crippen LogP contribution in [0.15, 0.2) is 12.1 Å². The Balaban J connectivity index is 2.41. The zero-order valence-corrected chi connectivity index (χ0v) is 8.08. The summed E-state index contributed by atoms with van der Waals surface area (Å²) < 4.78 is 15.9. The fraction of sp³-hybridized carbons (Fsp3) is 0.400. The van der Waals surface area contributed by atoms with Gasteiger partial charge in [-0.25, -0.2) is 0 Å². The quantitative estimate of drug-likeness (QED) is 0.727. The zero-order chi connectivity index (χ0) is 9.97. The smallest absolute Gasteiger partial charge is 0.189 e. The molecule has 0 aliphatic carbocycles. The van der Waals surface area contributed by atoms with Crippen molar-refractivity contribution in [3.8, 4) is 11.5 Å². The Labute approximate surface area is 82.6 Å². The molecule has 0 amide bonds. The molecule has 1 heterocycles. The van der Waals surface area contributed by atoms with E-state index in [0.717, 1.165) is 11.3 Å². The van der Waals surface area contributed by atoms with Gasteiger partial charge in [0.15, 0.2) is 18.3 Å². The molecule has 4 nitrogen and oxygen atoms in total. The van der Waals surface area contributed by atoms with Gasteiger partial charge in [0.05, 0.1) is 13.2 Å². The van der Waals surface area contributed by atoms with E-state index >= 15 is 0 Å². The Kier molecular flexibility index (Phi) is 2.45. The van der Waals surface area contributed by atoms with Crippen LogP contribution in [0.1, 0.15) is 12.5 Å². The number of nitrogen functional groups attached to an aromatic ring is 1. The van der Waals surface area contributed by atoms with E-state index < -0.39 is 0 Å². The lowest BCUT2D eigenvalue weighted by atomic mass is 10.1. The molecular formula is C10H13NO3. The maximum Gasteiger partial charge on any atom is 0.189 e.